The molecule has 5 nitrogen and oxygen atoms in total. The predicted octanol–water partition coefficient (Wildman–Crippen LogP) is 6.29. The predicted molar refractivity (Wildman–Crippen MR) is 112 cm³/mol. The van der Waals surface area contributed by atoms with Crippen molar-refractivity contribution in [3.63, 3.8) is 0 Å². The monoisotopic (exact) mass is 401 g/mol. The Balaban J connectivity index is 1.57. The van der Waals surface area contributed by atoms with E-state index in [2.05, 4.69) is 22.5 Å². The van der Waals surface area contributed by atoms with E-state index in [0.29, 0.717) is 15.8 Å². The molecule has 0 saturated heterocycles. The Morgan fingerprint density at radius 1 is 1.11 bits per heavy atom. The van der Waals surface area contributed by atoms with Gasteiger partial charge >= 0.3 is 6.03 Å². The fourth-order valence-corrected chi connectivity index (χ4v) is 3.15. The third-order valence-corrected chi connectivity index (χ3v) is 4.75. The van der Waals surface area contributed by atoms with Crippen molar-refractivity contribution in [3.05, 3.63) is 58.9 Å². The van der Waals surface area contributed by atoms with Crippen LogP contribution in [-0.2, 0) is 0 Å². The van der Waals surface area contributed by atoms with E-state index in [1.165, 1.54) is 11.3 Å². The van der Waals surface area contributed by atoms with Crippen LogP contribution in [0.5, 0.6) is 5.75 Å². The Morgan fingerprint density at radius 3 is 2.56 bits per heavy atom. The fraction of sp³-hybridized carbons (Fsp3) is 0.200. The van der Waals surface area contributed by atoms with Crippen molar-refractivity contribution in [1.82, 2.24) is 4.98 Å². The first-order valence-electron chi connectivity index (χ1n) is 8.66. The van der Waals surface area contributed by atoms with Gasteiger partial charge in [-0.2, -0.15) is 0 Å². The van der Waals surface area contributed by atoms with E-state index in [9.17, 15) is 4.79 Å². The number of ether oxygens (including phenoxy) is 1. The van der Waals surface area contributed by atoms with Crippen LogP contribution in [0.25, 0.3) is 11.3 Å². The Hall–Kier alpha value is -2.57. The maximum atomic E-state index is 12.1. The van der Waals surface area contributed by atoms with Gasteiger partial charge in [0, 0.05) is 21.7 Å². The number of carbonyl (C=O) groups is 1. The first kappa shape index (κ1) is 19.2. The maximum absolute atomic E-state index is 12.1. The zero-order valence-electron chi connectivity index (χ0n) is 14.9. The molecule has 0 aliphatic carbocycles. The highest BCUT2D eigenvalue weighted by Crippen LogP contribution is 2.26. The van der Waals surface area contributed by atoms with E-state index in [0.717, 1.165) is 36.5 Å². The lowest BCUT2D eigenvalue weighted by molar-refractivity contribution is 0.262. The van der Waals surface area contributed by atoms with Crippen molar-refractivity contribution >= 4 is 39.8 Å². The number of nitrogens with zero attached hydrogens (tertiary/aromatic N) is 1. The van der Waals surface area contributed by atoms with Crippen LogP contribution in [0.1, 0.15) is 19.8 Å². The number of halogens is 1. The van der Waals surface area contributed by atoms with E-state index in [-0.39, 0.29) is 6.03 Å². The molecule has 2 amide bonds. The lowest BCUT2D eigenvalue weighted by Gasteiger charge is -2.06. The molecule has 0 atom stereocenters. The molecule has 3 rings (SSSR count). The minimum Gasteiger partial charge on any atom is -0.494 e. The quantitative estimate of drug-likeness (QED) is 0.457. The van der Waals surface area contributed by atoms with Gasteiger partial charge in [0.15, 0.2) is 5.13 Å². The highest BCUT2D eigenvalue weighted by molar-refractivity contribution is 7.14. The molecule has 0 saturated carbocycles. The van der Waals surface area contributed by atoms with Gasteiger partial charge < -0.3 is 10.1 Å². The molecule has 0 bridgehead atoms. The van der Waals surface area contributed by atoms with E-state index in [1.54, 1.807) is 24.3 Å². The zero-order valence-corrected chi connectivity index (χ0v) is 16.4. The Kier molecular flexibility index (Phi) is 6.68. The number of hydrogen-bond acceptors (Lipinski definition) is 4. The van der Waals surface area contributed by atoms with Gasteiger partial charge in [0.05, 0.1) is 12.3 Å². The Labute approximate surface area is 167 Å². The molecule has 3 aromatic rings. The van der Waals surface area contributed by atoms with E-state index in [1.807, 2.05) is 29.6 Å². The molecule has 0 spiro atoms. The van der Waals surface area contributed by atoms with Crippen molar-refractivity contribution in [2.75, 3.05) is 17.2 Å². The van der Waals surface area contributed by atoms with Gasteiger partial charge in [-0.3, -0.25) is 5.32 Å². The van der Waals surface area contributed by atoms with Crippen molar-refractivity contribution < 1.29 is 9.53 Å². The number of rotatable bonds is 7. The molecule has 0 aliphatic rings. The summed E-state index contributed by atoms with van der Waals surface area (Å²) in [6, 6.07) is 14.4. The summed E-state index contributed by atoms with van der Waals surface area (Å²) < 4.78 is 5.67. The molecule has 7 heteroatoms. The summed E-state index contributed by atoms with van der Waals surface area (Å²) in [5.74, 6) is 0.850. The van der Waals surface area contributed by atoms with Crippen LogP contribution >= 0.6 is 22.9 Å². The smallest absolute Gasteiger partial charge is 0.325 e. The second kappa shape index (κ2) is 9.39. The summed E-state index contributed by atoms with van der Waals surface area (Å²) in [4.78, 5) is 16.5. The number of aromatic nitrogens is 1. The van der Waals surface area contributed by atoms with Crippen LogP contribution in [0.4, 0.5) is 15.6 Å². The second-order valence-electron chi connectivity index (χ2n) is 5.85. The summed E-state index contributed by atoms with van der Waals surface area (Å²) in [7, 11) is 0. The van der Waals surface area contributed by atoms with Crippen LogP contribution in [-0.4, -0.2) is 17.6 Å². The van der Waals surface area contributed by atoms with Crippen LogP contribution in [0.2, 0.25) is 5.02 Å². The van der Waals surface area contributed by atoms with Crippen LogP contribution in [0.3, 0.4) is 0 Å². The van der Waals surface area contributed by atoms with Gasteiger partial charge in [-0.05, 0) is 55.0 Å². The third kappa shape index (κ3) is 5.70. The number of amides is 2. The summed E-state index contributed by atoms with van der Waals surface area (Å²) in [5, 5.41) is 8.53. The average molecular weight is 402 g/mol. The van der Waals surface area contributed by atoms with E-state index >= 15 is 0 Å². The van der Waals surface area contributed by atoms with Gasteiger partial charge in [0.1, 0.15) is 5.75 Å². The van der Waals surface area contributed by atoms with Crippen molar-refractivity contribution in [1.29, 1.82) is 0 Å². The SMILES string of the molecule is CCCCOc1ccc(-c2csc(NC(=O)Nc3ccc(Cl)cc3)n2)cc1. The third-order valence-electron chi connectivity index (χ3n) is 3.74. The van der Waals surface area contributed by atoms with Crippen molar-refractivity contribution in [3.8, 4) is 17.0 Å². The van der Waals surface area contributed by atoms with E-state index < -0.39 is 0 Å². The fourth-order valence-electron chi connectivity index (χ4n) is 2.31. The summed E-state index contributed by atoms with van der Waals surface area (Å²) in [6.07, 6.45) is 2.15. The number of benzene rings is 2. The highest BCUT2D eigenvalue weighted by atomic mass is 35.5. The number of hydrogen-bond donors (Lipinski definition) is 2. The minimum absolute atomic E-state index is 0.349. The Morgan fingerprint density at radius 2 is 1.85 bits per heavy atom. The standard InChI is InChI=1S/C20H20ClN3O2S/c1-2-3-12-26-17-10-4-14(5-11-17)18-13-27-20(23-18)24-19(25)22-16-8-6-15(21)7-9-16/h4-11,13H,2-3,12H2,1H3,(H2,22,23,24,25). The van der Waals surface area contributed by atoms with Crippen LogP contribution in [0, 0.1) is 0 Å². The molecular formula is C20H20ClN3O2S. The topological polar surface area (TPSA) is 63.2 Å². The average Bonchev–Trinajstić information content (AvgIpc) is 3.13. The molecule has 27 heavy (non-hydrogen) atoms. The van der Waals surface area contributed by atoms with E-state index in [4.69, 9.17) is 16.3 Å². The number of urea groups is 1. The number of carbonyl (C=O) groups excluding carboxylic acids is 1. The van der Waals surface area contributed by atoms with Crippen molar-refractivity contribution in [2.45, 2.75) is 19.8 Å². The molecule has 0 unspecified atom stereocenters. The number of nitrogens with one attached hydrogen (secondary N) is 2. The highest BCUT2D eigenvalue weighted by Gasteiger charge is 2.08. The number of unbranched alkanes of at least 4 members (excludes halogenated alkanes) is 1. The molecule has 2 aromatic carbocycles. The van der Waals surface area contributed by atoms with Crippen LogP contribution in [0.15, 0.2) is 53.9 Å². The lowest BCUT2D eigenvalue weighted by atomic mass is 10.2. The van der Waals surface area contributed by atoms with Gasteiger partial charge in [0.2, 0.25) is 0 Å². The van der Waals surface area contributed by atoms with Crippen molar-refractivity contribution in [2.24, 2.45) is 0 Å². The molecule has 0 radical (unpaired) electrons. The molecule has 0 aliphatic heterocycles. The van der Waals surface area contributed by atoms with Gasteiger partial charge in [-0.25, -0.2) is 9.78 Å². The lowest BCUT2D eigenvalue weighted by Crippen LogP contribution is -2.19. The normalized spacial score (nSPS) is 10.4. The second-order valence-corrected chi connectivity index (χ2v) is 7.14. The maximum Gasteiger partial charge on any atom is 0.325 e. The molecule has 0 fully saturated rings. The molecule has 2 N–H and O–H groups in total. The molecule has 140 valence electrons. The van der Waals surface area contributed by atoms with Gasteiger partial charge in [0.25, 0.3) is 0 Å². The molecule has 1 aromatic heterocycles. The summed E-state index contributed by atoms with van der Waals surface area (Å²) in [6.45, 7) is 2.86. The Bertz CT molecular complexity index is 879. The van der Waals surface area contributed by atoms with Gasteiger partial charge in [-0.1, -0.05) is 24.9 Å². The zero-order chi connectivity index (χ0) is 19.1. The first-order valence-corrected chi connectivity index (χ1v) is 9.92. The largest absolute Gasteiger partial charge is 0.494 e. The molecule has 1 heterocycles. The number of thiazole rings is 1. The summed E-state index contributed by atoms with van der Waals surface area (Å²) >= 11 is 7.21. The first-order chi connectivity index (χ1) is 13.1. The minimum atomic E-state index is -0.349. The van der Waals surface area contributed by atoms with Gasteiger partial charge in [-0.15, -0.1) is 11.3 Å². The molecular weight excluding hydrogens is 382 g/mol. The van der Waals surface area contributed by atoms with Crippen LogP contribution < -0.4 is 15.4 Å². The summed E-state index contributed by atoms with van der Waals surface area (Å²) in [5.41, 5.74) is 2.44. The number of anilines is 2.